The highest BCUT2D eigenvalue weighted by atomic mass is 16.5. The molecular formula is C23H32O5. The Balaban J connectivity index is 0.000000474. The average molecular weight is 389 g/mol. The Hall–Kier alpha value is -2.95. The van der Waals surface area contributed by atoms with Crippen LogP contribution < -0.4 is 5.63 Å². The van der Waals surface area contributed by atoms with E-state index in [0.29, 0.717) is 23.3 Å². The lowest BCUT2D eigenvalue weighted by Gasteiger charge is -2.04. The summed E-state index contributed by atoms with van der Waals surface area (Å²) in [6, 6.07) is 6.33. The summed E-state index contributed by atoms with van der Waals surface area (Å²) in [6.07, 6.45) is 4.87. The number of benzene rings is 1. The van der Waals surface area contributed by atoms with Gasteiger partial charge in [-0.25, -0.2) is 4.79 Å². The zero-order valence-electron chi connectivity index (χ0n) is 17.5. The first-order valence-corrected chi connectivity index (χ1v) is 9.11. The van der Waals surface area contributed by atoms with Crippen LogP contribution in [-0.2, 0) is 11.2 Å². The fourth-order valence-electron chi connectivity index (χ4n) is 1.81. The lowest BCUT2D eigenvalue weighted by Crippen LogP contribution is -1.96. The van der Waals surface area contributed by atoms with Gasteiger partial charge in [0.1, 0.15) is 17.1 Å². The van der Waals surface area contributed by atoms with Crippen molar-refractivity contribution in [3.05, 3.63) is 77.1 Å². The number of aliphatic hydroxyl groups excluding tert-OH is 1. The maximum absolute atomic E-state index is 11.1. The van der Waals surface area contributed by atoms with Crippen LogP contribution in [0, 0.1) is 5.92 Å². The second-order valence-corrected chi connectivity index (χ2v) is 6.48. The number of allylic oxidation sites excluding steroid dienone is 3. The molecule has 0 spiro atoms. The molecule has 0 aliphatic rings. The molecule has 28 heavy (non-hydrogen) atoms. The number of rotatable bonds is 5. The number of hydrogen-bond donors (Lipinski definition) is 2. The number of ether oxygens (including phenoxy) is 1. The Morgan fingerprint density at radius 1 is 1.29 bits per heavy atom. The third kappa shape index (κ3) is 9.67. The molecular weight excluding hydrogens is 356 g/mol. The van der Waals surface area contributed by atoms with Crippen molar-refractivity contribution in [2.45, 2.75) is 40.5 Å². The van der Waals surface area contributed by atoms with Gasteiger partial charge >= 0.3 is 5.63 Å². The minimum absolute atomic E-state index is 0.0179. The van der Waals surface area contributed by atoms with E-state index in [4.69, 9.17) is 14.3 Å². The van der Waals surface area contributed by atoms with Crippen molar-refractivity contribution in [3.63, 3.8) is 0 Å². The van der Waals surface area contributed by atoms with E-state index in [1.807, 2.05) is 0 Å². The molecule has 0 unspecified atom stereocenters. The van der Waals surface area contributed by atoms with Gasteiger partial charge in [-0.15, -0.1) is 6.58 Å². The molecule has 0 saturated carbocycles. The quantitative estimate of drug-likeness (QED) is 0.289. The van der Waals surface area contributed by atoms with Gasteiger partial charge in [0.2, 0.25) is 0 Å². The third-order valence-corrected chi connectivity index (χ3v) is 3.72. The second-order valence-electron chi connectivity index (χ2n) is 6.48. The van der Waals surface area contributed by atoms with Gasteiger partial charge in [-0.3, -0.25) is 0 Å². The van der Waals surface area contributed by atoms with E-state index >= 15 is 0 Å². The van der Waals surface area contributed by atoms with Crippen LogP contribution in [0.25, 0.3) is 11.0 Å². The number of fused-ring (bicyclic) bond motifs is 1. The molecule has 0 saturated heterocycles. The number of phenols is 1. The average Bonchev–Trinajstić information content (AvgIpc) is 2.64. The van der Waals surface area contributed by atoms with Gasteiger partial charge in [0.15, 0.2) is 0 Å². The molecule has 0 radical (unpaired) electrons. The van der Waals surface area contributed by atoms with Gasteiger partial charge in [0.05, 0.1) is 12.9 Å². The lowest BCUT2D eigenvalue weighted by atomic mass is 10.1. The van der Waals surface area contributed by atoms with Crippen LogP contribution in [0.4, 0.5) is 0 Å². The standard InChI is InChI=1S/C12H10O3.C6H10O2.C5H12/c1-2-3-9-10(13)6-4-8-5-7-11(14)15-12(8)9;1-5(7)4-6(2)8-3;1-4-5(2)3/h2,4-7,13H,1,3H2;4,7H,1H2,2-3H3;5H,4H2,1-3H3/b;6-4+;. The van der Waals surface area contributed by atoms with Gasteiger partial charge in [-0.1, -0.05) is 39.8 Å². The zero-order chi connectivity index (χ0) is 21.7. The van der Waals surface area contributed by atoms with E-state index in [2.05, 4.69) is 33.9 Å². The molecule has 0 fully saturated rings. The first-order chi connectivity index (χ1) is 13.2. The maximum atomic E-state index is 11.1. The van der Waals surface area contributed by atoms with Crippen LogP contribution in [0.2, 0.25) is 0 Å². The maximum Gasteiger partial charge on any atom is 0.336 e. The summed E-state index contributed by atoms with van der Waals surface area (Å²) in [5.41, 5.74) is 0.612. The summed E-state index contributed by atoms with van der Waals surface area (Å²) >= 11 is 0. The predicted molar refractivity (Wildman–Crippen MR) is 116 cm³/mol. The fourth-order valence-corrected chi connectivity index (χ4v) is 1.81. The smallest absolute Gasteiger partial charge is 0.336 e. The molecule has 0 amide bonds. The Morgan fingerprint density at radius 3 is 2.29 bits per heavy atom. The van der Waals surface area contributed by atoms with Crippen LogP contribution in [0.15, 0.2) is 70.3 Å². The van der Waals surface area contributed by atoms with Crippen LogP contribution in [0.1, 0.15) is 39.7 Å². The molecule has 2 aromatic rings. The molecule has 0 aliphatic carbocycles. The second kappa shape index (κ2) is 13.3. The van der Waals surface area contributed by atoms with E-state index in [9.17, 15) is 9.90 Å². The van der Waals surface area contributed by atoms with Crippen molar-refractivity contribution in [2.75, 3.05) is 7.11 Å². The molecule has 1 aromatic heterocycles. The molecule has 5 nitrogen and oxygen atoms in total. The van der Waals surface area contributed by atoms with Crippen LogP contribution >= 0.6 is 0 Å². The number of phenolic OH excluding ortho intramolecular Hbond substituents is 1. The topological polar surface area (TPSA) is 79.9 Å². The number of aliphatic hydroxyl groups is 1. The van der Waals surface area contributed by atoms with Crippen molar-refractivity contribution in [2.24, 2.45) is 5.92 Å². The molecule has 2 N–H and O–H groups in total. The van der Waals surface area contributed by atoms with Gasteiger partial charge in [-0.05, 0) is 37.5 Å². The lowest BCUT2D eigenvalue weighted by molar-refractivity contribution is 0.290. The van der Waals surface area contributed by atoms with Crippen molar-refractivity contribution >= 4 is 11.0 Å². The Bertz CT molecular complexity index is 844. The van der Waals surface area contributed by atoms with Gasteiger partial charge in [-0.2, -0.15) is 0 Å². The summed E-state index contributed by atoms with van der Waals surface area (Å²) in [6.45, 7) is 15.2. The molecule has 0 bridgehead atoms. The van der Waals surface area contributed by atoms with E-state index in [-0.39, 0.29) is 11.5 Å². The zero-order valence-corrected chi connectivity index (χ0v) is 17.5. The van der Waals surface area contributed by atoms with Crippen molar-refractivity contribution in [3.8, 4) is 5.75 Å². The predicted octanol–water partition coefficient (Wildman–Crippen LogP) is 5.89. The normalized spacial score (nSPS) is 10.4. The fraction of sp³-hybridized carbons (Fsp3) is 0.348. The number of methoxy groups -OCH3 is 1. The molecule has 1 heterocycles. The van der Waals surface area contributed by atoms with Crippen molar-refractivity contribution in [1.82, 2.24) is 0 Å². The van der Waals surface area contributed by atoms with E-state index in [1.54, 1.807) is 31.2 Å². The van der Waals surface area contributed by atoms with Crippen LogP contribution in [0.3, 0.4) is 0 Å². The van der Waals surface area contributed by atoms with Gasteiger partial charge in [0.25, 0.3) is 0 Å². The highest BCUT2D eigenvalue weighted by molar-refractivity contribution is 5.82. The summed E-state index contributed by atoms with van der Waals surface area (Å²) in [7, 11) is 1.54. The molecule has 154 valence electrons. The molecule has 0 atom stereocenters. The molecule has 1 aromatic carbocycles. The minimum atomic E-state index is -0.418. The van der Waals surface area contributed by atoms with Crippen LogP contribution in [-0.4, -0.2) is 17.3 Å². The van der Waals surface area contributed by atoms with Crippen LogP contribution in [0.5, 0.6) is 5.75 Å². The Kier molecular flexibility index (Phi) is 11.9. The first kappa shape index (κ1) is 25.1. The van der Waals surface area contributed by atoms with Gasteiger partial charge in [0, 0.05) is 23.1 Å². The summed E-state index contributed by atoms with van der Waals surface area (Å²) in [5, 5.41) is 18.9. The number of hydrogen-bond acceptors (Lipinski definition) is 5. The van der Waals surface area contributed by atoms with E-state index < -0.39 is 5.63 Å². The summed E-state index contributed by atoms with van der Waals surface area (Å²) < 4.78 is 9.76. The Labute approximate surface area is 167 Å². The van der Waals surface area contributed by atoms with Gasteiger partial charge < -0.3 is 19.4 Å². The van der Waals surface area contributed by atoms with E-state index in [1.165, 1.54) is 25.7 Å². The first-order valence-electron chi connectivity index (χ1n) is 9.11. The number of aromatic hydroxyl groups is 1. The summed E-state index contributed by atoms with van der Waals surface area (Å²) in [5.74, 6) is 1.67. The highest BCUT2D eigenvalue weighted by Gasteiger charge is 2.07. The Morgan fingerprint density at radius 2 is 1.86 bits per heavy atom. The largest absolute Gasteiger partial charge is 0.508 e. The monoisotopic (exact) mass is 388 g/mol. The van der Waals surface area contributed by atoms with E-state index in [0.717, 1.165) is 11.3 Å². The molecule has 5 heteroatoms. The van der Waals surface area contributed by atoms with Crippen molar-refractivity contribution < 1.29 is 19.4 Å². The molecule has 0 aliphatic heterocycles. The third-order valence-electron chi connectivity index (χ3n) is 3.72. The summed E-state index contributed by atoms with van der Waals surface area (Å²) in [4.78, 5) is 11.1. The molecule has 2 rings (SSSR count). The van der Waals surface area contributed by atoms with Crippen molar-refractivity contribution in [1.29, 1.82) is 0 Å². The highest BCUT2D eigenvalue weighted by Crippen LogP contribution is 2.26. The minimum Gasteiger partial charge on any atom is -0.508 e. The SMILES string of the molecule is C=C(O)/C=C(\C)OC.C=CCc1c(O)ccc2ccc(=O)oc12.CCC(C)C.